The minimum absolute atomic E-state index is 0. The molecule has 1 fully saturated rings. The molecule has 5 unspecified atom stereocenters. The lowest BCUT2D eigenvalue weighted by Gasteiger charge is -2.50. The van der Waals surface area contributed by atoms with Crippen molar-refractivity contribution in [1.82, 2.24) is 0 Å². The number of phenolic OH excluding ortho intramolecular Hbond substituents is 1. The van der Waals surface area contributed by atoms with Crippen molar-refractivity contribution in [2.24, 2.45) is 23.5 Å². The molecule has 0 spiro atoms. The van der Waals surface area contributed by atoms with Gasteiger partial charge in [-0.25, -0.2) is 0 Å². The van der Waals surface area contributed by atoms with Crippen LogP contribution < -0.4 is 5.73 Å². The molecule has 10 heteroatoms. The van der Waals surface area contributed by atoms with Gasteiger partial charge >= 0.3 is 0 Å². The summed E-state index contributed by atoms with van der Waals surface area (Å²) in [7, 11) is 0. The molecule has 1 aromatic rings. The number of benzene rings is 1. The Bertz CT molecular complexity index is 931. The molecule has 4 rings (SSSR count). The number of aliphatic hydroxyl groups is 3. The SMILES string of the molecule is Cl.Cl.NC(=O)C1C2Cc3cccc(O)c3C(=O)C2=C(O)C2(O)C(=O)CC(O)CC12. The second kappa shape index (κ2) is 7.60. The van der Waals surface area contributed by atoms with E-state index in [1.807, 2.05) is 0 Å². The Labute approximate surface area is 178 Å². The van der Waals surface area contributed by atoms with Crippen LogP contribution in [-0.4, -0.2) is 49.6 Å². The highest BCUT2D eigenvalue weighted by Crippen LogP contribution is 2.53. The maximum Gasteiger partial charge on any atom is 0.221 e. The minimum atomic E-state index is -2.46. The van der Waals surface area contributed by atoms with Crippen molar-refractivity contribution in [2.75, 3.05) is 0 Å². The Morgan fingerprint density at radius 3 is 2.41 bits per heavy atom. The largest absolute Gasteiger partial charge is 0.508 e. The Balaban J connectivity index is 0.00000150. The number of amides is 1. The van der Waals surface area contributed by atoms with E-state index in [9.17, 15) is 34.8 Å². The lowest BCUT2D eigenvalue weighted by atomic mass is 9.55. The van der Waals surface area contributed by atoms with Crippen LogP contribution in [0.1, 0.15) is 28.8 Å². The number of nitrogens with two attached hydrogens (primary N) is 1. The molecule has 3 aliphatic carbocycles. The van der Waals surface area contributed by atoms with E-state index < -0.39 is 59.1 Å². The Morgan fingerprint density at radius 2 is 1.79 bits per heavy atom. The summed E-state index contributed by atoms with van der Waals surface area (Å²) in [5.74, 6) is -6.63. The van der Waals surface area contributed by atoms with Crippen LogP contribution in [0.25, 0.3) is 0 Å². The molecule has 5 atom stereocenters. The van der Waals surface area contributed by atoms with E-state index in [1.54, 1.807) is 12.1 Å². The molecule has 6 N–H and O–H groups in total. The van der Waals surface area contributed by atoms with Crippen LogP contribution >= 0.6 is 24.8 Å². The molecular weight excluding hydrogens is 425 g/mol. The second-order valence-electron chi connectivity index (χ2n) is 7.53. The van der Waals surface area contributed by atoms with E-state index in [2.05, 4.69) is 0 Å². The fraction of sp³-hybridized carbons (Fsp3) is 0.421. The highest BCUT2D eigenvalue weighted by molar-refractivity contribution is 6.14. The van der Waals surface area contributed by atoms with E-state index in [-0.39, 0.29) is 54.5 Å². The molecule has 0 heterocycles. The van der Waals surface area contributed by atoms with E-state index >= 15 is 0 Å². The molecule has 1 saturated carbocycles. The fourth-order valence-corrected chi connectivity index (χ4v) is 4.97. The Hall–Kier alpha value is -2.13. The predicted octanol–water partition coefficient (Wildman–Crippen LogP) is 0.589. The van der Waals surface area contributed by atoms with Crippen molar-refractivity contribution >= 4 is 42.3 Å². The summed E-state index contributed by atoms with van der Waals surface area (Å²) in [5, 5.41) is 41.9. The number of halogens is 2. The van der Waals surface area contributed by atoms with Crippen LogP contribution in [0.2, 0.25) is 0 Å². The molecule has 1 aromatic carbocycles. The average Bonchev–Trinajstić information content (AvgIpc) is 2.57. The normalized spacial score (nSPS) is 32.9. The van der Waals surface area contributed by atoms with Gasteiger partial charge in [-0.1, -0.05) is 12.1 Å². The van der Waals surface area contributed by atoms with Gasteiger partial charge in [-0.3, -0.25) is 14.4 Å². The number of primary amides is 1. The van der Waals surface area contributed by atoms with Crippen LogP contribution in [0.5, 0.6) is 5.75 Å². The van der Waals surface area contributed by atoms with Gasteiger partial charge in [0.15, 0.2) is 17.2 Å². The smallest absolute Gasteiger partial charge is 0.221 e. The third kappa shape index (κ3) is 3.02. The quantitative estimate of drug-likeness (QED) is 0.422. The highest BCUT2D eigenvalue weighted by atomic mass is 35.5. The van der Waals surface area contributed by atoms with Crippen LogP contribution in [0.4, 0.5) is 0 Å². The molecule has 158 valence electrons. The topological polar surface area (TPSA) is 158 Å². The van der Waals surface area contributed by atoms with Gasteiger partial charge in [-0.05, 0) is 24.5 Å². The number of hydrogen-bond acceptors (Lipinski definition) is 7. The third-order valence-corrected chi connectivity index (χ3v) is 6.13. The zero-order valence-electron chi connectivity index (χ0n) is 15.1. The molecule has 1 amide bonds. The summed E-state index contributed by atoms with van der Waals surface area (Å²) < 4.78 is 0. The van der Waals surface area contributed by atoms with E-state index in [0.29, 0.717) is 5.56 Å². The molecule has 0 aliphatic heterocycles. The first kappa shape index (κ1) is 23.2. The summed E-state index contributed by atoms with van der Waals surface area (Å²) >= 11 is 0. The Kier molecular flexibility index (Phi) is 6.07. The van der Waals surface area contributed by atoms with Crippen molar-refractivity contribution in [2.45, 2.75) is 31.0 Å². The second-order valence-corrected chi connectivity index (χ2v) is 7.53. The van der Waals surface area contributed by atoms with Crippen molar-refractivity contribution in [3.8, 4) is 5.75 Å². The number of aliphatic hydroxyl groups excluding tert-OH is 2. The van der Waals surface area contributed by atoms with Gasteiger partial charge in [-0.15, -0.1) is 24.8 Å². The van der Waals surface area contributed by atoms with Crippen molar-refractivity contribution in [3.63, 3.8) is 0 Å². The summed E-state index contributed by atoms with van der Waals surface area (Å²) in [6.45, 7) is 0. The van der Waals surface area contributed by atoms with Gasteiger partial charge in [-0.2, -0.15) is 0 Å². The number of Topliss-reactive ketones (excluding diaryl/α,β-unsaturated/α-hetero) is 2. The summed E-state index contributed by atoms with van der Waals surface area (Å²) in [5.41, 5.74) is 3.30. The van der Waals surface area contributed by atoms with Crippen LogP contribution in [0, 0.1) is 17.8 Å². The van der Waals surface area contributed by atoms with E-state index in [1.165, 1.54) is 6.07 Å². The lowest BCUT2D eigenvalue weighted by Crippen LogP contribution is -2.63. The molecule has 0 aromatic heterocycles. The lowest BCUT2D eigenvalue weighted by molar-refractivity contribution is -0.163. The number of allylic oxidation sites excluding steroid dienone is 1. The van der Waals surface area contributed by atoms with E-state index in [0.717, 1.165) is 0 Å². The fourth-order valence-electron chi connectivity index (χ4n) is 4.97. The zero-order valence-corrected chi connectivity index (χ0v) is 16.7. The standard InChI is InChI=1S/C19H19NO7.2ClH/c20-18(26)14-9-4-7-2-1-3-11(22)13(7)16(24)15(9)17(25)19(27)10(14)5-8(21)6-12(19)23;;/h1-3,8-10,14,21-22,25,27H,4-6H2,(H2,20,26);2*1H. The van der Waals surface area contributed by atoms with Crippen LogP contribution in [-0.2, 0) is 16.0 Å². The summed E-state index contributed by atoms with van der Waals surface area (Å²) in [4.78, 5) is 37.8. The van der Waals surface area contributed by atoms with Gasteiger partial charge in [0, 0.05) is 23.8 Å². The van der Waals surface area contributed by atoms with Crippen LogP contribution in [0.3, 0.4) is 0 Å². The molecule has 29 heavy (non-hydrogen) atoms. The zero-order chi connectivity index (χ0) is 19.7. The highest BCUT2D eigenvalue weighted by Gasteiger charge is 2.63. The number of phenols is 1. The first-order valence-corrected chi connectivity index (χ1v) is 8.70. The maximum atomic E-state index is 13.0. The molecule has 8 nitrogen and oxygen atoms in total. The first-order valence-electron chi connectivity index (χ1n) is 8.70. The van der Waals surface area contributed by atoms with Crippen molar-refractivity contribution in [1.29, 1.82) is 0 Å². The van der Waals surface area contributed by atoms with E-state index in [4.69, 9.17) is 5.73 Å². The number of aromatic hydroxyl groups is 1. The Morgan fingerprint density at radius 1 is 1.14 bits per heavy atom. The first-order chi connectivity index (χ1) is 12.7. The van der Waals surface area contributed by atoms with Gasteiger partial charge in [0.1, 0.15) is 11.5 Å². The predicted molar refractivity (Wildman–Crippen MR) is 105 cm³/mol. The number of rotatable bonds is 1. The van der Waals surface area contributed by atoms with Crippen LogP contribution in [0.15, 0.2) is 29.5 Å². The molecule has 0 bridgehead atoms. The summed E-state index contributed by atoms with van der Waals surface area (Å²) in [6, 6.07) is 4.51. The van der Waals surface area contributed by atoms with Gasteiger partial charge in [0.25, 0.3) is 0 Å². The average molecular weight is 446 g/mol. The molecule has 0 saturated heterocycles. The third-order valence-electron chi connectivity index (χ3n) is 6.13. The van der Waals surface area contributed by atoms with Crippen molar-refractivity contribution in [3.05, 3.63) is 40.7 Å². The number of fused-ring (bicyclic) bond motifs is 3. The minimum Gasteiger partial charge on any atom is -0.508 e. The van der Waals surface area contributed by atoms with Gasteiger partial charge in [0.05, 0.1) is 17.6 Å². The molecule has 0 radical (unpaired) electrons. The molecular formula is C19H21Cl2NO7. The van der Waals surface area contributed by atoms with Crippen molar-refractivity contribution < 1.29 is 34.8 Å². The monoisotopic (exact) mass is 445 g/mol. The number of carbonyl (C=O) groups excluding carboxylic acids is 3. The number of carbonyl (C=O) groups is 3. The summed E-state index contributed by atoms with van der Waals surface area (Å²) in [6.07, 6.45) is -1.46. The number of hydrogen-bond donors (Lipinski definition) is 5. The van der Waals surface area contributed by atoms with Gasteiger partial charge < -0.3 is 26.2 Å². The maximum absolute atomic E-state index is 13.0. The molecule has 3 aliphatic rings. The van der Waals surface area contributed by atoms with Gasteiger partial charge in [0.2, 0.25) is 5.91 Å². The number of ketones is 2.